The zero-order chi connectivity index (χ0) is 16.0. The van der Waals surface area contributed by atoms with E-state index in [4.69, 9.17) is 4.74 Å². The van der Waals surface area contributed by atoms with E-state index >= 15 is 0 Å². The number of imide groups is 1. The summed E-state index contributed by atoms with van der Waals surface area (Å²) in [6.45, 7) is 0. The van der Waals surface area contributed by atoms with E-state index in [0.717, 1.165) is 16.3 Å². The minimum absolute atomic E-state index is 0.171. The Balaban J connectivity index is 2.17. The van der Waals surface area contributed by atoms with Crippen LogP contribution in [0.4, 0.5) is 5.69 Å². The number of nitrogens with zero attached hydrogens (tertiary/aromatic N) is 2. The average Bonchev–Trinajstić information content (AvgIpc) is 2.91. The highest BCUT2D eigenvalue weighted by Crippen LogP contribution is 2.39. The molecule has 2 aromatic carbocycles. The zero-order valence-electron chi connectivity index (χ0n) is 12.6. The molecule has 1 saturated heterocycles. The van der Waals surface area contributed by atoms with Crippen LogP contribution in [0.25, 0.3) is 21.8 Å². The van der Waals surface area contributed by atoms with Gasteiger partial charge in [-0.1, -0.05) is 30.3 Å². The van der Waals surface area contributed by atoms with Crippen molar-refractivity contribution in [2.75, 3.05) is 12.0 Å². The average molecular weight is 306 g/mol. The quantitative estimate of drug-likeness (QED) is 0.539. The SMILES string of the molecule is COc1cccc2c(N3C(=O)CCC3=O)c3ccccc3nc12. The molecule has 5 nitrogen and oxygen atoms in total. The maximum absolute atomic E-state index is 12.3. The highest BCUT2D eigenvalue weighted by atomic mass is 16.5. The van der Waals surface area contributed by atoms with Crippen LogP contribution < -0.4 is 9.64 Å². The number of fused-ring (bicyclic) bond motifs is 2. The van der Waals surface area contributed by atoms with Crippen molar-refractivity contribution >= 4 is 39.3 Å². The van der Waals surface area contributed by atoms with Gasteiger partial charge in [0.1, 0.15) is 11.3 Å². The third kappa shape index (κ3) is 1.97. The van der Waals surface area contributed by atoms with Gasteiger partial charge in [-0.25, -0.2) is 9.88 Å². The zero-order valence-corrected chi connectivity index (χ0v) is 12.6. The summed E-state index contributed by atoms with van der Waals surface area (Å²) in [5.74, 6) is 0.277. The topological polar surface area (TPSA) is 59.5 Å². The number of methoxy groups -OCH3 is 1. The number of aromatic nitrogens is 1. The number of para-hydroxylation sites is 2. The fourth-order valence-electron chi connectivity index (χ4n) is 3.10. The van der Waals surface area contributed by atoms with Crippen molar-refractivity contribution < 1.29 is 14.3 Å². The van der Waals surface area contributed by atoms with Crippen molar-refractivity contribution in [1.29, 1.82) is 0 Å². The highest BCUT2D eigenvalue weighted by Gasteiger charge is 2.33. The number of anilines is 1. The van der Waals surface area contributed by atoms with Gasteiger partial charge in [0.25, 0.3) is 0 Å². The van der Waals surface area contributed by atoms with Crippen LogP contribution in [0.3, 0.4) is 0 Å². The minimum atomic E-state index is -0.171. The molecular formula is C18H14N2O3. The van der Waals surface area contributed by atoms with Crippen molar-refractivity contribution in [2.24, 2.45) is 0 Å². The van der Waals surface area contributed by atoms with E-state index in [1.807, 2.05) is 42.5 Å². The minimum Gasteiger partial charge on any atom is -0.494 e. The molecule has 0 aliphatic carbocycles. The van der Waals surface area contributed by atoms with Crippen LogP contribution in [-0.2, 0) is 9.59 Å². The second kappa shape index (κ2) is 5.05. The Morgan fingerprint density at radius 1 is 0.957 bits per heavy atom. The molecule has 0 unspecified atom stereocenters. The fraction of sp³-hybridized carbons (Fsp3) is 0.167. The van der Waals surface area contributed by atoms with E-state index in [9.17, 15) is 9.59 Å². The first-order valence-corrected chi connectivity index (χ1v) is 7.42. The normalized spacial score (nSPS) is 14.9. The largest absolute Gasteiger partial charge is 0.494 e. The van der Waals surface area contributed by atoms with E-state index in [0.29, 0.717) is 17.0 Å². The van der Waals surface area contributed by atoms with Gasteiger partial charge in [-0.05, 0) is 12.1 Å². The third-order valence-corrected chi connectivity index (χ3v) is 4.14. The molecular weight excluding hydrogens is 292 g/mol. The Hall–Kier alpha value is -2.95. The molecule has 0 N–H and O–H groups in total. The molecule has 1 aliphatic heterocycles. The molecule has 4 rings (SSSR count). The lowest BCUT2D eigenvalue weighted by Gasteiger charge is -2.19. The summed E-state index contributed by atoms with van der Waals surface area (Å²) in [6.07, 6.45) is 0.502. The number of amides is 2. The van der Waals surface area contributed by atoms with Gasteiger partial charge in [-0.15, -0.1) is 0 Å². The number of ether oxygens (including phenoxy) is 1. The summed E-state index contributed by atoms with van der Waals surface area (Å²) in [7, 11) is 1.58. The van der Waals surface area contributed by atoms with E-state index in [2.05, 4.69) is 4.98 Å². The lowest BCUT2D eigenvalue weighted by molar-refractivity contribution is -0.121. The number of benzene rings is 2. The van der Waals surface area contributed by atoms with Crippen molar-refractivity contribution in [1.82, 2.24) is 4.98 Å². The first-order valence-electron chi connectivity index (χ1n) is 7.42. The van der Waals surface area contributed by atoms with Gasteiger partial charge in [-0.3, -0.25) is 9.59 Å². The molecule has 2 amide bonds. The first-order chi connectivity index (χ1) is 11.2. The second-order valence-corrected chi connectivity index (χ2v) is 5.46. The predicted molar refractivity (Wildman–Crippen MR) is 87.5 cm³/mol. The van der Waals surface area contributed by atoms with Crippen LogP contribution in [0.5, 0.6) is 5.75 Å². The predicted octanol–water partition coefficient (Wildman–Crippen LogP) is 3.05. The van der Waals surface area contributed by atoms with Crippen LogP contribution in [0.15, 0.2) is 42.5 Å². The molecule has 5 heteroatoms. The van der Waals surface area contributed by atoms with Gasteiger partial charge in [0.05, 0.1) is 18.3 Å². The number of hydrogen-bond acceptors (Lipinski definition) is 4. The molecule has 2 heterocycles. The first kappa shape index (κ1) is 13.7. The monoisotopic (exact) mass is 306 g/mol. The summed E-state index contributed by atoms with van der Waals surface area (Å²) in [6, 6.07) is 13.0. The lowest BCUT2D eigenvalue weighted by Crippen LogP contribution is -2.29. The Morgan fingerprint density at radius 2 is 1.65 bits per heavy atom. The molecule has 0 atom stereocenters. The molecule has 0 spiro atoms. The van der Waals surface area contributed by atoms with E-state index < -0.39 is 0 Å². The maximum Gasteiger partial charge on any atom is 0.234 e. The Morgan fingerprint density at radius 3 is 2.39 bits per heavy atom. The molecule has 3 aromatic rings. The second-order valence-electron chi connectivity index (χ2n) is 5.46. The molecule has 23 heavy (non-hydrogen) atoms. The number of rotatable bonds is 2. The van der Waals surface area contributed by atoms with Gasteiger partial charge in [0.15, 0.2) is 0 Å². The van der Waals surface area contributed by atoms with Crippen LogP contribution in [0.2, 0.25) is 0 Å². The summed E-state index contributed by atoms with van der Waals surface area (Å²) in [5, 5.41) is 1.53. The Labute approximate surface area is 132 Å². The highest BCUT2D eigenvalue weighted by molar-refractivity contribution is 6.27. The van der Waals surface area contributed by atoms with Crippen molar-refractivity contribution in [3.63, 3.8) is 0 Å². The molecule has 0 bridgehead atoms. The molecule has 114 valence electrons. The van der Waals surface area contributed by atoms with Gasteiger partial charge in [0.2, 0.25) is 11.8 Å². The standard InChI is InChI=1S/C18H14N2O3/c1-23-14-8-4-6-12-17(14)19-13-7-3-2-5-11(13)18(12)20-15(21)9-10-16(20)22/h2-8H,9-10H2,1H3. The molecule has 1 aromatic heterocycles. The summed E-state index contributed by atoms with van der Waals surface area (Å²) in [5.41, 5.74) is 1.99. The summed E-state index contributed by atoms with van der Waals surface area (Å²) < 4.78 is 5.40. The molecule has 0 saturated carbocycles. The molecule has 1 fully saturated rings. The molecule has 0 radical (unpaired) electrons. The fourth-order valence-corrected chi connectivity index (χ4v) is 3.10. The van der Waals surface area contributed by atoms with Crippen LogP contribution in [0.1, 0.15) is 12.8 Å². The summed E-state index contributed by atoms with van der Waals surface area (Å²) >= 11 is 0. The van der Waals surface area contributed by atoms with Crippen LogP contribution >= 0.6 is 0 Å². The van der Waals surface area contributed by atoms with Gasteiger partial charge in [0, 0.05) is 23.6 Å². The van der Waals surface area contributed by atoms with Crippen LogP contribution in [-0.4, -0.2) is 23.9 Å². The van der Waals surface area contributed by atoms with Gasteiger partial charge in [-0.2, -0.15) is 0 Å². The van der Waals surface area contributed by atoms with Crippen molar-refractivity contribution in [3.05, 3.63) is 42.5 Å². The van der Waals surface area contributed by atoms with Gasteiger partial charge < -0.3 is 4.74 Å². The van der Waals surface area contributed by atoms with E-state index in [1.54, 1.807) is 7.11 Å². The maximum atomic E-state index is 12.3. The lowest BCUT2D eigenvalue weighted by atomic mass is 10.1. The number of hydrogen-bond donors (Lipinski definition) is 0. The molecule has 1 aliphatic rings. The van der Waals surface area contributed by atoms with Crippen LogP contribution in [0, 0.1) is 0 Å². The summed E-state index contributed by atoms with van der Waals surface area (Å²) in [4.78, 5) is 30.5. The van der Waals surface area contributed by atoms with Gasteiger partial charge >= 0.3 is 0 Å². The smallest absolute Gasteiger partial charge is 0.234 e. The number of pyridine rings is 1. The number of carbonyl (C=O) groups is 2. The van der Waals surface area contributed by atoms with Crippen molar-refractivity contribution in [3.8, 4) is 5.75 Å². The third-order valence-electron chi connectivity index (χ3n) is 4.14. The van der Waals surface area contributed by atoms with E-state index in [-0.39, 0.29) is 24.7 Å². The Bertz CT molecular complexity index is 949. The Kier molecular flexibility index (Phi) is 3.01. The number of carbonyl (C=O) groups excluding carboxylic acids is 2. The van der Waals surface area contributed by atoms with E-state index in [1.165, 1.54) is 4.90 Å². The van der Waals surface area contributed by atoms with Crippen molar-refractivity contribution in [2.45, 2.75) is 12.8 Å².